The minimum atomic E-state index is -0.192. The van der Waals surface area contributed by atoms with Crippen molar-refractivity contribution in [3.63, 3.8) is 0 Å². The van der Waals surface area contributed by atoms with Crippen molar-refractivity contribution in [2.75, 3.05) is 5.32 Å². The van der Waals surface area contributed by atoms with E-state index in [9.17, 15) is 0 Å². The normalized spacial score (nSPS) is 15.3. The minimum absolute atomic E-state index is 0.192. The number of thioether (sulfide) groups is 1. The van der Waals surface area contributed by atoms with Crippen LogP contribution < -0.4 is 15.4 Å². The van der Waals surface area contributed by atoms with E-state index < -0.39 is 0 Å². The van der Waals surface area contributed by atoms with Crippen LogP contribution in [0.3, 0.4) is 0 Å². The van der Waals surface area contributed by atoms with Crippen LogP contribution in [0.25, 0.3) is 11.0 Å². The third-order valence-electron chi connectivity index (χ3n) is 4.89. The van der Waals surface area contributed by atoms with E-state index in [1.807, 2.05) is 30.5 Å². The predicted molar refractivity (Wildman–Crippen MR) is 116 cm³/mol. The van der Waals surface area contributed by atoms with E-state index in [0.29, 0.717) is 0 Å². The van der Waals surface area contributed by atoms with E-state index in [1.54, 1.807) is 18.0 Å². The molecular weight excluding hydrogens is 382 g/mol. The highest BCUT2D eigenvalue weighted by Crippen LogP contribution is 2.38. The number of furan rings is 1. The average molecular weight is 404 g/mol. The van der Waals surface area contributed by atoms with Crippen LogP contribution in [-0.4, -0.2) is 10.5 Å². The first-order chi connectivity index (χ1) is 14.2. The summed E-state index contributed by atoms with van der Waals surface area (Å²) in [6.07, 6.45) is 3.59. The van der Waals surface area contributed by atoms with E-state index >= 15 is 0 Å². The predicted octanol–water partition coefficient (Wildman–Crippen LogP) is 5.31. The highest BCUT2D eigenvalue weighted by atomic mass is 32.2. The fraction of sp³-hybridized carbons (Fsp3) is 0.174. The van der Waals surface area contributed by atoms with Gasteiger partial charge in [0, 0.05) is 36.3 Å². The van der Waals surface area contributed by atoms with Crippen molar-refractivity contribution >= 4 is 28.5 Å². The molecule has 0 spiro atoms. The first-order valence-corrected chi connectivity index (χ1v) is 10.4. The Morgan fingerprint density at radius 3 is 2.90 bits per heavy atom. The molecule has 0 saturated carbocycles. The Morgan fingerprint density at radius 2 is 2.03 bits per heavy atom. The molecule has 0 amide bonds. The molecule has 3 heterocycles. The monoisotopic (exact) mass is 403 g/mol. The maximum atomic E-state index is 6.06. The van der Waals surface area contributed by atoms with Crippen LogP contribution in [-0.2, 0) is 13.1 Å². The molecule has 1 atom stereocenters. The summed E-state index contributed by atoms with van der Waals surface area (Å²) in [5.41, 5.74) is 4.33. The molecule has 29 heavy (non-hydrogen) atoms. The zero-order chi connectivity index (χ0) is 19.6. The molecule has 146 valence electrons. The van der Waals surface area contributed by atoms with E-state index in [0.717, 1.165) is 46.1 Å². The molecule has 5 nitrogen and oxygen atoms in total. The van der Waals surface area contributed by atoms with Crippen LogP contribution in [0, 0.1) is 6.92 Å². The van der Waals surface area contributed by atoms with Gasteiger partial charge in [-0.25, -0.2) is 4.98 Å². The first kappa shape index (κ1) is 18.1. The lowest BCUT2D eigenvalue weighted by atomic mass is 10.1. The SMILES string of the molecule is Cc1ccc(CNCc2coc3cc(OC4Nc5ncccc5S4)ccc23)cc1. The Bertz CT molecular complexity index is 1120. The van der Waals surface area contributed by atoms with Crippen molar-refractivity contribution in [1.29, 1.82) is 0 Å². The lowest BCUT2D eigenvalue weighted by molar-refractivity contribution is 0.317. The number of hydrogen-bond donors (Lipinski definition) is 2. The molecular formula is C23H21N3O2S. The van der Waals surface area contributed by atoms with Crippen LogP contribution in [0.5, 0.6) is 5.75 Å². The smallest absolute Gasteiger partial charge is 0.224 e. The standard InChI is InChI=1S/C23H21N3O2S/c1-15-4-6-16(7-5-15)12-24-13-17-14-27-20-11-18(8-9-19(17)20)28-23-26-22-21(29-23)3-2-10-25-22/h2-11,14,23-24H,12-13H2,1H3,(H,25,26). The largest absolute Gasteiger partial charge is 0.464 e. The number of rotatable bonds is 6. The summed E-state index contributed by atoms with van der Waals surface area (Å²) in [5, 5.41) is 7.86. The molecule has 0 aliphatic carbocycles. The molecule has 6 heteroatoms. The molecule has 1 unspecified atom stereocenters. The third-order valence-corrected chi connectivity index (χ3v) is 5.91. The second-order valence-electron chi connectivity index (χ2n) is 7.07. The van der Waals surface area contributed by atoms with Gasteiger partial charge in [0.1, 0.15) is 17.2 Å². The molecule has 2 aromatic carbocycles. The van der Waals surface area contributed by atoms with Gasteiger partial charge in [-0.15, -0.1) is 0 Å². The van der Waals surface area contributed by atoms with Crippen LogP contribution >= 0.6 is 11.8 Å². The molecule has 0 bridgehead atoms. The van der Waals surface area contributed by atoms with Gasteiger partial charge in [-0.1, -0.05) is 41.6 Å². The lowest BCUT2D eigenvalue weighted by Gasteiger charge is -2.13. The van der Waals surface area contributed by atoms with Gasteiger partial charge in [-0.05, 0) is 36.8 Å². The minimum Gasteiger partial charge on any atom is -0.464 e. The Labute approximate surface area is 173 Å². The molecule has 5 rings (SSSR count). The van der Waals surface area contributed by atoms with Crippen molar-refractivity contribution in [1.82, 2.24) is 10.3 Å². The summed E-state index contributed by atoms with van der Waals surface area (Å²) < 4.78 is 11.8. The van der Waals surface area contributed by atoms with Gasteiger partial charge in [0.05, 0.1) is 11.2 Å². The third kappa shape index (κ3) is 3.95. The second-order valence-corrected chi connectivity index (χ2v) is 8.17. The summed E-state index contributed by atoms with van der Waals surface area (Å²) in [7, 11) is 0. The number of ether oxygens (including phenoxy) is 1. The van der Waals surface area contributed by atoms with Crippen LogP contribution in [0.1, 0.15) is 16.7 Å². The quantitative estimate of drug-likeness (QED) is 0.455. The number of fused-ring (bicyclic) bond motifs is 2. The molecule has 1 aliphatic rings. The number of benzene rings is 2. The van der Waals surface area contributed by atoms with Crippen molar-refractivity contribution < 1.29 is 9.15 Å². The van der Waals surface area contributed by atoms with Crippen LogP contribution in [0.4, 0.5) is 5.82 Å². The topological polar surface area (TPSA) is 59.3 Å². The van der Waals surface area contributed by atoms with E-state index in [1.165, 1.54) is 11.1 Å². The number of hydrogen-bond acceptors (Lipinski definition) is 6. The van der Waals surface area contributed by atoms with Crippen LogP contribution in [0.2, 0.25) is 0 Å². The summed E-state index contributed by atoms with van der Waals surface area (Å²) in [6.45, 7) is 3.68. The molecule has 1 aliphatic heterocycles. The Balaban J connectivity index is 1.22. The summed E-state index contributed by atoms with van der Waals surface area (Å²) in [4.78, 5) is 5.42. The summed E-state index contributed by atoms with van der Waals surface area (Å²) >= 11 is 1.61. The maximum absolute atomic E-state index is 6.06. The van der Waals surface area contributed by atoms with E-state index in [4.69, 9.17) is 9.15 Å². The van der Waals surface area contributed by atoms with Gasteiger partial charge in [-0.2, -0.15) is 0 Å². The average Bonchev–Trinajstić information content (AvgIpc) is 3.32. The van der Waals surface area contributed by atoms with Crippen LogP contribution in [0.15, 0.2) is 76.4 Å². The summed E-state index contributed by atoms with van der Waals surface area (Å²) in [6, 6.07) is 18.5. The number of nitrogens with zero attached hydrogens (tertiary/aromatic N) is 1. The molecule has 4 aromatic rings. The number of pyridine rings is 1. The van der Waals surface area contributed by atoms with Gasteiger partial charge in [0.15, 0.2) is 0 Å². The van der Waals surface area contributed by atoms with Gasteiger partial charge in [-0.3, -0.25) is 0 Å². The highest BCUT2D eigenvalue weighted by molar-refractivity contribution is 8.00. The highest BCUT2D eigenvalue weighted by Gasteiger charge is 2.23. The molecule has 0 radical (unpaired) electrons. The van der Waals surface area contributed by atoms with E-state index in [2.05, 4.69) is 52.9 Å². The first-order valence-electron chi connectivity index (χ1n) is 9.56. The van der Waals surface area contributed by atoms with Crippen molar-refractivity contribution in [3.8, 4) is 5.75 Å². The van der Waals surface area contributed by atoms with Crippen molar-refractivity contribution in [2.24, 2.45) is 0 Å². The fourth-order valence-corrected chi connectivity index (χ4v) is 4.29. The fourth-order valence-electron chi connectivity index (χ4n) is 3.35. The van der Waals surface area contributed by atoms with E-state index in [-0.39, 0.29) is 5.56 Å². The second kappa shape index (κ2) is 7.81. The summed E-state index contributed by atoms with van der Waals surface area (Å²) in [5.74, 6) is 1.63. The van der Waals surface area contributed by atoms with Gasteiger partial charge in [0.25, 0.3) is 0 Å². The Kier molecular flexibility index (Phi) is 4.87. The number of aromatic nitrogens is 1. The molecule has 2 aromatic heterocycles. The number of anilines is 1. The van der Waals surface area contributed by atoms with Crippen molar-refractivity contribution in [2.45, 2.75) is 30.5 Å². The molecule has 0 saturated heterocycles. The Morgan fingerprint density at radius 1 is 1.14 bits per heavy atom. The molecule has 0 fully saturated rings. The Hall–Kier alpha value is -2.96. The van der Waals surface area contributed by atoms with Gasteiger partial charge < -0.3 is 19.8 Å². The maximum Gasteiger partial charge on any atom is 0.224 e. The zero-order valence-corrected chi connectivity index (χ0v) is 16.8. The number of aryl methyl sites for hydroxylation is 1. The lowest BCUT2D eigenvalue weighted by Crippen LogP contribution is -2.18. The molecule has 2 N–H and O–H groups in total. The van der Waals surface area contributed by atoms with Gasteiger partial charge in [0.2, 0.25) is 5.56 Å². The zero-order valence-electron chi connectivity index (χ0n) is 16.0. The van der Waals surface area contributed by atoms with Crippen molar-refractivity contribution in [3.05, 3.63) is 83.7 Å². The number of nitrogens with one attached hydrogen (secondary N) is 2. The van der Waals surface area contributed by atoms with Gasteiger partial charge >= 0.3 is 0 Å².